The van der Waals surface area contributed by atoms with Crippen LogP contribution in [0.5, 0.6) is 0 Å². The molecule has 4 nitrogen and oxygen atoms in total. The van der Waals surface area contributed by atoms with Crippen LogP contribution >= 0.6 is 0 Å². The first kappa shape index (κ1) is 19.3. The molecule has 0 aliphatic heterocycles. The summed E-state index contributed by atoms with van der Waals surface area (Å²) >= 11 is 0. The first-order valence-corrected chi connectivity index (χ1v) is 8.47. The van der Waals surface area contributed by atoms with Crippen LogP contribution in [0.2, 0.25) is 0 Å². The van der Waals surface area contributed by atoms with Crippen LogP contribution < -0.4 is 5.32 Å². The summed E-state index contributed by atoms with van der Waals surface area (Å²) in [6.07, 6.45) is 1.26. The second-order valence-corrected chi connectivity index (χ2v) is 6.60. The molecule has 2 amide bonds. The van der Waals surface area contributed by atoms with Crippen molar-refractivity contribution in [3.63, 3.8) is 0 Å². The van der Waals surface area contributed by atoms with Crippen LogP contribution in [0.4, 0.5) is 18.9 Å². The highest BCUT2D eigenvalue weighted by Gasteiger charge is 2.41. The van der Waals surface area contributed by atoms with Gasteiger partial charge in [-0.25, -0.2) is 0 Å². The van der Waals surface area contributed by atoms with E-state index in [9.17, 15) is 22.8 Å². The highest BCUT2D eigenvalue weighted by atomic mass is 19.4. The molecule has 0 saturated heterocycles. The number of carbonyl (C=O) groups is 2. The third-order valence-electron chi connectivity index (χ3n) is 4.47. The standard InChI is InChI=1S/C18H23F3N2O2/c1-23(17(25)18(19,20)21)12-14-7-4-8-15(11-14)22-16(24)10-9-13-5-2-3-6-13/h4,7-8,11,13H,2-3,5-6,9-10,12H2,1H3,(H,22,24). The van der Waals surface area contributed by atoms with Gasteiger partial charge in [-0.15, -0.1) is 0 Å². The summed E-state index contributed by atoms with van der Waals surface area (Å²) in [4.78, 5) is 23.8. The molecule has 7 heteroatoms. The molecule has 0 aromatic heterocycles. The van der Waals surface area contributed by atoms with Gasteiger partial charge in [0.15, 0.2) is 0 Å². The lowest BCUT2D eigenvalue weighted by atomic mass is 10.0. The quantitative estimate of drug-likeness (QED) is 0.834. The van der Waals surface area contributed by atoms with Gasteiger partial charge in [0.05, 0.1) is 0 Å². The Morgan fingerprint density at radius 2 is 1.92 bits per heavy atom. The van der Waals surface area contributed by atoms with Crippen LogP contribution in [0.15, 0.2) is 24.3 Å². The zero-order valence-electron chi connectivity index (χ0n) is 14.2. The number of carbonyl (C=O) groups excluding carboxylic acids is 2. The Hall–Kier alpha value is -2.05. The molecular formula is C18H23F3N2O2. The van der Waals surface area contributed by atoms with E-state index in [4.69, 9.17) is 0 Å². The van der Waals surface area contributed by atoms with Gasteiger partial charge in [-0.1, -0.05) is 37.8 Å². The second kappa shape index (κ2) is 8.36. The monoisotopic (exact) mass is 356 g/mol. The number of nitrogens with one attached hydrogen (secondary N) is 1. The number of nitrogens with zero attached hydrogens (tertiary/aromatic N) is 1. The molecule has 1 aliphatic carbocycles. The van der Waals surface area contributed by atoms with Crippen molar-refractivity contribution < 1.29 is 22.8 Å². The van der Waals surface area contributed by atoms with Crippen LogP contribution in [0.3, 0.4) is 0 Å². The molecule has 0 radical (unpaired) electrons. The molecule has 25 heavy (non-hydrogen) atoms. The molecule has 1 aliphatic rings. The summed E-state index contributed by atoms with van der Waals surface area (Å²) in [5.41, 5.74) is 1.05. The molecule has 138 valence electrons. The molecule has 0 spiro atoms. The lowest BCUT2D eigenvalue weighted by Gasteiger charge is -2.19. The van der Waals surface area contributed by atoms with Crippen molar-refractivity contribution >= 4 is 17.5 Å². The molecule has 0 atom stereocenters. The fourth-order valence-electron chi connectivity index (χ4n) is 3.17. The van der Waals surface area contributed by atoms with Crippen molar-refractivity contribution in [2.24, 2.45) is 5.92 Å². The topological polar surface area (TPSA) is 49.4 Å². The van der Waals surface area contributed by atoms with Gasteiger partial charge < -0.3 is 10.2 Å². The Morgan fingerprint density at radius 3 is 2.56 bits per heavy atom. The number of halogens is 3. The minimum absolute atomic E-state index is 0.0937. The van der Waals surface area contributed by atoms with E-state index < -0.39 is 12.1 Å². The zero-order valence-corrected chi connectivity index (χ0v) is 14.2. The van der Waals surface area contributed by atoms with Gasteiger partial charge in [0, 0.05) is 25.7 Å². The van der Waals surface area contributed by atoms with Gasteiger partial charge in [-0.2, -0.15) is 13.2 Å². The van der Waals surface area contributed by atoms with Crippen LogP contribution in [0.25, 0.3) is 0 Å². The van der Waals surface area contributed by atoms with Crippen molar-refractivity contribution in [2.75, 3.05) is 12.4 Å². The van der Waals surface area contributed by atoms with Gasteiger partial charge in [0.2, 0.25) is 5.91 Å². The maximum absolute atomic E-state index is 12.4. The molecule has 1 N–H and O–H groups in total. The minimum Gasteiger partial charge on any atom is -0.334 e. The van der Waals surface area contributed by atoms with Crippen LogP contribution in [-0.4, -0.2) is 29.9 Å². The van der Waals surface area contributed by atoms with E-state index in [1.807, 2.05) is 0 Å². The van der Waals surface area contributed by atoms with Gasteiger partial charge in [0.1, 0.15) is 0 Å². The predicted molar refractivity (Wildman–Crippen MR) is 88.8 cm³/mol. The summed E-state index contributed by atoms with van der Waals surface area (Å²) in [5.74, 6) is -1.36. The summed E-state index contributed by atoms with van der Waals surface area (Å²) in [7, 11) is 1.10. The van der Waals surface area contributed by atoms with Gasteiger partial charge in [-0.05, 0) is 30.0 Å². The Bertz CT molecular complexity index is 611. The van der Waals surface area contributed by atoms with E-state index >= 15 is 0 Å². The summed E-state index contributed by atoms with van der Waals surface area (Å²) in [5, 5.41) is 2.77. The lowest BCUT2D eigenvalue weighted by molar-refractivity contribution is -0.184. The Morgan fingerprint density at radius 1 is 1.24 bits per heavy atom. The van der Waals surface area contributed by atoms with Crippen molar-refractivity contribution in [1.29, 1.82) is 0 Å². The number of hydrogen-bond donors (Lipinski definition) is 1. The van der Waals surface area contributed by atoms with Crippen molar-refractivity contribution in [3.05, 3.63) is 29.8 Å². The lowest BCUT2D eigenvalue weighted by Crippen LogP contribution is -2.37. The second-order valence-electron chi connectivity index (χ2n) is 6.60. The summed E-state index contributed by atoms with van der Waals surface area (Å²) in [6, 6.07) is 6.54. The number of alkyl halides is 3. The molecular weight excluding hydrogens is 333 g/mol. The van der Waals surface area contributed by atoms with Crippen molar-refractivity contribution in [2.45, 2.75) is 51.2 Å². The van der Waals surface area contributed by atoms with Crippen molar-refractivity contribution in [1.82, 2.24) is 4.90 Å². The van der Waals surface area contributed by atoms with Gasteiger partial charge in [-0.3, -0.25) is 9.59 Å². The van der Waals surface area contributed by atoms with Gasteiger partial charge in [0.25, 0.3) is 0 Å². The fourth-order valence-corrected chi connectivity index (χ4v) is 3.17. The molecule has 0 bridgehead atoms. The molecule has 1 fully saturated rings. The maximum atomic E-state index is 12.4. The van der Waals surface area contributed by atoms with E-state index in [0.717, 1.165) is 13.5 Å². The zero-order chi connectivity index (χ0) is 18.4. The minimum atomic E-state index is -4.89. The molecule has 1 aromatic carbocycles. The van der Waals surface area contributed by atoms with E-state index in [1.54, 1.807) is 24.3 Å². The predicted octanol–water partition coefficient (Wildman–Crippen LogP) is 4.12. The molecule has 0 unspecified atom stereocenters. The molecule has 1 saturated carbocycles. The number of hydrogen-bond acceptors (Lipinski definition) is 2. The smallest absolute Gasteiger partial charge is 0.334 e. The average Bonchev–Trinajstić information content (AvgIpc) is 3.05. The largest absolute Gasteiger partial charge is 0.471 e. The van der Waals surface area contributed by atoms with Crippen LogP contribution in [0, 0.1) is 5.92 Å². The third kappa shape index (κ3) is 6.07. The van der Waals surface area contributed by atoms with E-state index in [-0.39, 0.29) is 12.5 Å². The number of amides is 2. The van der Waals surface area contributed by atoms with Gasteiger partial charge >= 0.3 is 12.1 Å². The van der Waals surface area contributed by atoms with Crippen molar-refractivity contribution in [3.8, 4) is 0 Å². The number of rotatable bonds is 6. The van der Waals surface area contributed by atoms with Crippen LogP contribution in [0.1, 0.15) is 44.1 Å². The normalized spacial score (nSPS) is 15.2. The highest BCUT2D eigenvalue weighted by Crippen LogP contribution is 2.28. The Balaban J connectivity index is 1.87. The maximum Gasteiger partial charge on any atom is 0.471 e. The molecule has 0 heterocycles. The third-order valence-corrected chi connectivity index (χ3v) is 4.47. The SMILES string of the molecule is CN(Cc1cccc(NC(=O)CCC2CCCC2)c1)C(=O)C(F)(F)F. The summed E-state index contributed by atoms with van der Waals surface area (Å²) in [6.45, 7) is -0.176. The van der Waals surface area contributed by atoms with E-state index in [1.165, 1.54) is 25.7 Å². The fraction of sp³-hybridized carbons (Fsp3) is 0.556. The molecule has 1 aromatic rings. The highest BCUT2D eigenvalue weighted by molar-refractivity contribution is 5.90. The van der Waals surface area contributed by atoms with E-state index in [0.29, 0.717) is 28.5 Å². The summed E-state index contributed by atoms with van der Waals surface area (Å²) < 4.78 is 37.3. The Labute approximate surface area is 145 Å². The number of benzene rings is 1. The first-order valence-electron chi connectivity index (χ1n) is 8.47. The first-order chi connectivity index (χ1) is 11.8. The Kier molecular flexibility index (Phi) is 6.45. The van der Waals surface area contributed by atoms with Crippen LogP contribution in [-0.2, 0) is 16.1 Å². The number of anilines is 1. The van der Waals surface area contributed by atoms with E-state index in [2.05, 4.69) is 5.32 Å². The molecule has 2 rings (SSSR count). The average molecular weight is 356 g/mol.